The maximum Gasteiger partial charge on any atom is 0.437 e. The summed E-state index contributed by atoms with van der Waals surface area (Å²) in [6.45, 7) is 0.751. The normalized spacial score (nSPS) is 19.0. The second-order valence-electron chi connectivity index (χ2n) is 7.37. The number of benzene rings is 2. The Balaban J connectivity index is 1.35. The molecule has 158 valence electrons. The number of carbonyl (C=O) groups is 2. The number of nitrogens with one attached hydrogen (secondary N) is 1. The lowest BCUT2D eigenvalue weighted by Crippen LogP contribution is -2.37. The zero-order chi connectivity index (χ0) is 21.2. The molecular weight excluding hydrogens is 382 g/mol. The van der Waals surface area contributed by atoms with Crippen LogP contribution in [0.5, 0.6) is 5.75 Å². The lowest BCUT2D eigenvalue weighted by molar-refractivity contribution is -0.140. The molecule has 2 aromatic rings. The Morgan fingerprint density at radius 2 is 1.60 bits per heavy atom. The second kappa shape index (κ2) is 11.0. The van der Waals surface area contributed by atoms with E-state index in [2.05, 4.69) is 10.3 Å². The van der Waals surface area contributed by atoms with E-state index in [9.17, 15) is 9.59 Å². The molecule has 1 aliphatic rings. The van der Waals surface area contributed by atoms with Gasteiger partial charge in [-0.3, -0.25) is 4.79 Å². The number of nitrogens with two attached hydrogens (primary N) is 1. The summed E-state index contributed by atoms with van der Waals surface area (Å²) in [4.78, 5) is 27.8. The number of guanidine groups is 1. The molecule has 7 heteroatoms. The second-order valence-corrected chi connectivity index (χ2v) is 7.37. The summed E-state index contributed by atoms with van der Waals surface area (Å²) in [6.07, 6.45) is 2.58. The SMILES string of the molecule is NC(=NC(=O)OCc1ccccc1)NC[C@H]1CC[C@H](C(=O)Oc2ccccc2)CC1. The number of amides is 1. The summed E-state index contributed by atoms with van der Waals surface area (Å²) in [5, 5.41) is 2.98. The van der Waals surface area contributed by atoms with Crippen LogP contribution in [0.4, 0.5) is 4.79 Å². The van der Waals surface area contributed by atoms with Crippen LogP contribution < -0.4 is 15.8 Å². The van der Waals surface area contributed by atoms with Crippen molar-refractivity contribution in [1.82, 2.24) is 5.32 Å². The quantitative estimate of drug-likeness (QED) is 0.327. The predicted molar refractivity (Wildman–Crippen MR) is 114 cm³/mol. The van der Waals surface area contributed by atoms with Gasteiger partial charge in [-0.25, -0.2) is 4.79 Å². The lowest BCUT2D eigenvalue weighted by atomic mass is 9.82. The Morgan fingerprint density at radius 3 is 2.27 bits per heavy atom. The first-order valence-electron chi connectivity index (χ1n) is 10.2. The third-order valence-corrected chi connectivity index (χ3v) is 5.13. The molecule has 3 N–H and O–H groups in total. The maximum absolute atomic E-state index is 12.3. The van der Waals surface area contributed by atoms with E-state index in [-0.39, 0.29) is 24.5 Å². The molecule has 3 rings (SSSR count). The Kier molecular flexibility index (Phi) is 7.83. The average molecular weight is 409 g/mol. The third kappa shape index (κ3) is 6.92. The van der Waals surface area contributed by atoms with Crippen molar-refractivity contribution in [3.63, 3.8) is 0 Å². The van der Waals surface area contributed by atoms with Gasteiger partial charge in [-0.1, -0.05) is 48.5 Å². The summed E-state index contributed by atoms with van der Waals surface area (Å²) < 4.78 is 10.5. The van der Waals surface area contributed by atoms with Crippen molar-refractivity contribution in [2.24, 2.45) is 22.6 Å². The van der Waals surface area contributed by atoms with Crippen molar-refractivity contribution >= 4 is 18.0 Å². The van der Waals surface area contributed by atoms with Crippen molar-refractivity contribution in [2.45, 2.75) is 32.3 Å². The molecule has 0 heterocycles. The molecule has 0 unspecified atom stereocenters. The molecule has 0 aromatic heterocycles. The number of ether oxygens (including phenoxy) is 2. The molecule has 0 radical (unpaired) electrons. The summed E-state index contributed by atoms with van der Waals surface area (Å²) in [5.74, 6) is 0.725. The molecule has 0 bridgehead atoms. The summed E-state index contributed by atoms with van der Waals surface area (Å²) in [5.41, 5.74) is 6.67. The summed E-state index contributed by atoms with van der Waals surface area (Å²) in [7, 11) is 0. The van der Waals surface area contributed by atoms with E-state index in [0.717, 1.165) is 31.2 Å². The number of hydrogen-bond acceptors (Lipinski definition) is 4. The molecule has 0 aliphatic heterocycles. The Morgan fingerprint density at radius 1 is 0.967 bits per heavy atom. The number of esters is 1. The van der Waals surface area contributed by atoms with E-state index in [1.165, 1.54) is 0 Å². The highest BCUT2D eigenvalue weighted by atomic mass is 16.5. The van der Waals surface area contributed by atoms with Gasteiger partial charge in [-0.05, 0) is 49.3 Å². The molecule has 1 saturated carbocycles. The number of para-hydroxylation sites is 1. The third-order valence-electron chi connectivity index (χ3n) is 5.13. The standard InChI is InChI=1S/C23H27N3O4/c24-22(26-23(28)29-16-18-7-3-1-4-8-18)25-15-17-11-13-19(14-12-17)21(27)30-20-9-5-2-6-10-20/h1-10,17,19H,11-16H2,(H3,24,25,26,28)/t17-,19-. The summed E-state index contributed by atoms with van der Waals surface area (Å²) >= 11 is 0. The average Bonchev–Trinajstić information content (AvgIpc) is 2.78. The molecular formula is C23H27N3O4. The van der Waals surface area contributed by atoms with Crippen LogP contribution >= 0.6 is 0 Å². The van der Waals surface area contributed by atoms with E-state index >= 15 is 0 Å². The van der Waals surface area contributed by atoms with Gasteiger partial charge in [0, 0.05) is 6.54 Å². The number of carbonyl (C=O) groups excluding carboxylic acids is 2. The molecule has 7 nitrogen and oxygen atoms in total. The van der Waals surface area contributed by atoms with Crippen LogP contribution in [-0.4, -0.2) is 24.6 Å². The fourth-order valence-corrected chi connectivity index (χ4v) is 3.43. The van der Waals surface area contributed by atoms with Crippen LogP contribution in [0.15, 0.2) is 65.7 Å². The first kappa shape index (κ1) is 21.4. The van der Waals surface area contributed by atoms with Crippen molar-refractivity contribution < 1.29 is 19.1 Å². The van der Waals surface area contributed by atoms with Crippen molar-refractivity contribution in [1.29, 1.82) is 0 Å². The number of nitrogens with zero attached hydrogens (tertiary/aromatic N) is 1. The number of rotatable bonds is 6. The van der Waals surface area contributed by atoms with Crippen LogP contribution in [0, 0.1) is 11.8 Å². The van der Waals surface area contributed by atoms with Gasteiger partial charge in [0.25, 0.3) is 0 Å². The Labute approximate surface area is 176 Å². The Bertz CT molecular complexity index is 847. The van der Waals surface area contributed by atoms with Gasteiger partial charge in [0.05, 0.1) is 5.92 Å². The predicted octanol–water partition coefficient (Wildman–Crippen LogP) is 3.64. The molecule has 1 amide bonds. The zero-order valence-corrected chi connectivity index (χ0v) is 16.8. The highest BCUT2D eigenvalue weighted by Crippen LogP contribution is 2.29. The fourth-order valence-electron chi connectivity index (χ4n) is 3.43. The van der Waals surface area contributed by atoms with Crippen LogP contribution in [0.1, 0.15) is 31.2 Å². The Hall–Kier alpha value is -3.35. The molecule has 0 spiro atoms. The highest BCUT2D eigenvalue weighted by Gasteiger charge is 2.27. The van der Waals surface area contributed by atoms with Gasteiger partial charge in [0.15, 0.2) is 5.96 Å². The van der Waals surface area contributed by atoms with E-state index in [0.29, 0.717) is 18.2 Å². The van der Waals surface area contributed by atoms with Crippen LogP contribution in [0.3, 0.4) is 0 Å². The zero-order valence-electron chi connectivity index (χ0n) is 16.8. The van der Waals surface area contributed by atoms with Crippen LogP contribution in [0.25, 0.3) is 0 Å². The van der Waals surface area contributed by atoms with Crippen molar-refractivity contribution in [2.75, 3.05) is 6.54 Å². The van der Waals surface area contributed by atoms with E-state index in [1.807, 2.05) is 48.5 Å². The topological polar surface area (TPSA) is 103 Å². The minimum atomic E-state index is -0.726. The minimum Gasteiger partial charge on any atom is -0.443 e. The lowest BCUT2D eigenvalue weighted by Gasteiger charge is -2.27. The van der Waals surface area contributed by atoms with Crippen LogP contribution in [-0.2, 0) is 16.1 Å². The fraction of sp³-hybridized carbons (Fsp3) is 0.348. The van der Waals surface area contributed by atoms with Crippen molar-refractivity contribution in [3.05, 3.63) is 66.2 Å². The van der Waals surface area contributed by atoms with Gasteiger partial charge in [0.1, 0.15) is 12.4 Å². The molecule has 1 fully saturated rings. The molecule has 2 aromatic carbocycles. The minimum absolute atomic E-state index is 0.0404. The first-order chi connectivity index (χ1) is 14.6. The summed E-state index contributed by atoms with van der Waals surface area (Å²) in [6, 6.07) is 18.5. The first-order valence-corrected chi connectivity index (χ1v) is 10.2. The highest BCUT2D eigenvalue weighted by molar-refractivity contribution is 5.89. The van der Waals surface area contributed by atoms with Gasteiger partial charge >= 0.3 is 12.1 Å². The largest absolute Gasteiger partial charge is 0.443 e. The van der Waals surface area contributed by atoms with E-state index < -0.39 is 6.09 Å². The number of hydrogen-bond donors (Lipinski definition) is 2. The van der Waals surface area contributed by atoms with Crippen LogP contribution in [0.2, 0.25) is 0 Å². The van der Waals surface area contributed by atoms with E-state index in [1.54, 1.807) is 12.1 Å². The van der Waals surface area contributed by atoms with E-state index in [4.69, 9.17) is 15.2 Å². The molecule has 0 atom stereocenters. The van der Waals surface area contributed by atoms with Crippen molar-refractivity contribution in [3.8, 4) is 5.75 Å². The van der Waals surface area contributed by atoms with Gasteiger partial charge < -0.3 is 20.5 Å². The van der Waals surface area contributed by atoms with Gasteiger partial charge in [0.2, 0.25) is 0 Å². The monoisotopic (exact) mass is 409 g/mol. The van der Waals surface area contributed by atoms with Gasteiger partial charge in [-0.15, -0.1) is 4.99 Å². The molecule has 30 heavy (non-hydrogen) atoms. The molecule has 1 aliphatic carbocycles. The molecule has 0 saturated heterocycles. The van der Waals surface area contributed by atoms with Gasteiger partial charge in [-0.2, -0.15) is 0 Å². The maximum atomic E-state index is 12.3. The smallest absolute Gasteiger partial charge is 0.437 e. The number of aliphatic imine (C=N–C) groups is 1.